The third kappa shape index (κ3) is 4.80. The number of anilines is 1. The van der Waals surface area contributed by atoms with Gasteiger partial charge in [-0.15, -0.1) is 0 Å². The molecule has 7 heteroatoms. The van der Waals surface area contributed by atoms with Crippen molar-refractivity contribution in [2.75, 3.05) is 32.7 Å². The van der Waals surface area contributed by atoms with Gasteiger partial charge in [-0.2, -0.15) is 0 Å². The van der Waals surface area contributed by atoms with Crippen LogP contribution in [0.15, 0.2) is 42.5 Å². The van der Waals surface area contributed by atoms with Crippen LogP contribution in [0.2, 0.25) is 0 Å². The standard InChI is InChI=1S/C21H24N2O5/c1-26-18-9-8-15(12-19(18)27-2)21(25)23-16-6-3-5-14(11-16)20(24)22-13-17-7-4-10-28-17/h3,5-6,8-9,11-12,17H,4,7,10,13H2,1-2H3,(H,22,24)(H,23,25)/t17-/m1/s1. The van der Waals surface area contributed by atoms with Gasteiger partial charge in [0.05, 0.1) is 20.3 Å². The SMILES string of the molecule is COc1ccc(C(=O)Nc2cccc(C(=O)NC[C@H]3CCCO3)c2)cc1OC. The summed E-state index contributed by atoms with van der Waals surface area (Å²) in [6, 6.07) is 11.7. The quantitative estimate of drug-likeness (QED) is 0.767. The van der Waals surface area contributed by atoms with Gasteiger partial charge >= 0.3 is 0 Å². The Morgan fingerprint density at radius 2 is 1.82 bits per heavy atom. The Morgan fingerprint density at radius 1 is 1.04 bits per heavy atom. The van der Waals surface area contributed by atoms with Crippen molar-refractivity contribution in [2.45, 2.75) is 18.9 Å². The highest BCUT2D eigenvalue weighted by Crippen LogP contribution is 2.28. The number of methoxy groups -OCH3 is 2. The smallest absolute Gasteiger partial charge is 0.255 e. The molecule has 3 rings (SSSR count). The Bertz CT molecular complexity index is 846. The minimum absolute atomic E-state index is 0.0805. The Morgan fingerprint density at radius 3 is 2.54 bits per heavy atom. The van der Waals surface area contributed by atoms with Crippen LogP contribution in [0, 0.1) is 0 Å². The largest absolute Gasteiger partial charge is 0.493 e. The first-order valence-corrected chi connectivity index (χ1v) is 9.14. The van der Waals surface area contributed by atoms with Gasteiger partial charge in [0.1, 0.15) is 0 Å². The second-order valence-corrected chi connectivity index (χ2v) is 6.45. The molecule has 7 nitrogen and oxygen atoms in total. The maximum absolute atomic E-state index is 12.5. The summed E-state index contributed by atoms with van der Waals surface area (Å²) in [6.45, 7) is 1.24. The number of carbonyl (C=O) groups is 2. The molecule has 1 aliphatic heterocycles. The highest BCUT2D eigenvalue weighted by molar-refractivity contribution is 6.05. The summed E-state index contributed by atoms with van der Waals surface area (Å²) in [5, 5.41) is 5.67. The predicted molar refractivity (Wildman–Crippen MR) is 105 cm³/mol. The van der Waals surface area contributed by atoms with E-state index in [1.165, 1.54) is 14.2 Å². The summed E-state index contributed by atoms with van der Waals surface area (Å²) in [4.78, 5) is 24.9. The van der Waals surface area contributed by atoms with E-state index in [1.807, 2.05) is 0 Å². The average Bonchev–Trinajstić information content (AvgIpc) is 3.25. The van der Waals surface area contributed by atoms with E-state index >= 15 is 0 Å². The molecule has 1 atom stereocenters. The lowest BCUT2D eigenvalue weighted by atomic mass is 10.1. The van der Waals surface area contributed by atoms with Gasteiger partial charge in [0.2, 0.25) is 0 Å². The predicted octanol–water partition coefficient (Wildman–Crippen LogP) is 2.86. The van der Waals surface area contributed by atoms with E-state index < -0.39 is 0 Å². The van der Waals surface area contributed by atoms with Crippen molar-refractivity contribution in [2.24, 2.45) is 0 Å². The highest BCUT2D eigenvalue weighted by atomic mass is 16.5. The molecule has 2 aromatic carbocycles. The molecule has 0 unspecified atom stereocenters. The first kappa shape index (κ1) is 19.7. The lowest BCUT2D eigenvalue weighted by Gasteiger charge is -2.12. The van der Waals surface area contributed by atoms with Crippen LogP contribution in [-0.2, 0) is 4.74 Å². The third-order valence-electron chi connectivity index (χ3n) is 4.54. The van der Waals surface area contributed by atoms with Gasteiger partial charge in [0.15, 0.2) is 11.5 Å². The molecule has 0 spiro atoms. The summed E-state index contributed by atoms with van der Waals surface area (Å²) < 4.78 is 15.9. The monoisotopic (exact) mass is 384 g/mol. The normalized spacial score (nSPS) is 15.7. The van der Waals surface area contributed by atoms with Crippen LogP contribution in [0.25, 0.3) is 0 Å². The minimum atomic E-state index is -0.308. The van der Waals surface area contributed by atoms with Crippen molar-refractivity contribution < 1.29 is 23.8 Å². The number of rotatable bonds is 7. The molecule has 0 radical (unpaired) electrons. The van der Waals surface area contributed by atoms with Crippen LogP contribution in [0.5, 0.6) is 11.5 Å². The first-order valence-electron chi connectivity index (χ1n) is 9.14. The zero-order valence-electron chi connectivity index (χ0n) is 16.0. The highest BCUT2D eigenvalue weighted by Gasteiger charge is 2.17. The summed E-state index contributed by atoms with van der Waals surface area (Å²) >= 11 is 0. The van der Waals surface area contributed by atoms with Gasteiger partial charge in [-0.25, -0.2) is 0 Å². The van der Waals surface area contributed by atoms with E-state index in [9.17, 15) is 9.59 Å². The number of carbonyl (C=O) groups excluding carboxylic acids is 2. The topological polar surface area (TPSA) is 85.9 Å². The number of ether oxygens (including phenoxy) is 3. The van der Waals surface area contributed by atoms with E-state index in [4.69, 9.17) is 14.2 Å². The number of hydrogen-bond donors (Lipinski definition) is 2. The van der Waals surface area contributed by atoms with E-state index in [0.29, 0.717) is 34.9 Å². The lowest BCUT2D eigenvalue weighted by molar-refractivity contribution is 0.0857. The van der Waals surface area contributed by atoms with Crippen LogP contribution in [0.3, 0.4) is 0 Å². The van der Waals surface area contributed by atoms with Gasteiger partial charge in [-0.1, -0.05) is 6.07 Å². The zero-order chi connectivity index (χ0) is 19.9. The van der Waals surface area contributed by atoms with Crippen molar-refractivity contribution >= 4 is 17.5 Å². The summed E-state index contributed by atoms with van der Waals surface area (Å²) in [7, 11) is 3.05. The van der Waals surface area contributed by atoms with Crippen LogP contribution < -0.4 is 20.1 Å². The van der Waals surface area contributed by atoms with Crippen molar-refractivity contribution in [1.82, 2.24) is 5.32 Å². The number of amides is 2. The molecule has 2 aromatic rings. The van der Waals surface area contributed by atoms with Crippen molar-refractivity contribution in [3.63, 3.8) is 0 Å². The molecule has 0 aliphatic carbocycles. The lowest BCUT2D eigenvalue weighted by Crippen LogP contribution is -2.31. The Hall–Kier alpha value is -3.06. The Labute approximate surface area is 164 Å². The van der Waals surface area contributed by atoms with Crippen molar-refractivity contribution in [3.8, 4) is 11.5 Å². The summed E-state index contributed by atoms with van der Waals surface area (Å²) in [5.41, 5.74) is 1.43. The second-order valence-electron chi connectivity index (χ2n) is 6.45. The number of hydrogen-bond acceptors (Lipinski definition) is 5. The molecular weight excluding hydrogens is 360 g/mol. The summed E-state index contributed by atoms with van der Waals surface area (Å²) in [6.07, 6.45) is 2.07. The first-order chi connectivity index (χ1) is 13.6. The number of benzene rings is 2. The third-order valence-corrected chi connectivity index (χ3v) is 4.54. The van der Waals surface area contributed by atoms with Crippen LogP contribution in [0.4, 0.5) is 5.69 Å². The van der Waals surface area contributed by atoms with E-state index in [0.717, 1.165) is 19.4 Å². The Balaban J connectivity index is 1.65. The fraction of sp³-hybridized carbons (Fsp3) is 0.333. The molecule has 1 fully saturated rings. The second kappa shape index (κ2) is 9.23. The average molecular weight is 384 g/mol. The molecule has 148 valence electrons. The van der Waals surface area contributed by atoms with Gasteiger partial charge in [0.25, 0.3) is 11.8 Å². The fourth-order valence-corrected chi connectivity index (χ4v) is 3.03. The molecular formula is C21H24N2O5. The molecule has 2 amide bonds. The fourth-order valence-electron chi connectivity index (χ4n) is 3.03. The molecule has 0 bridgehead atoms. The molecule has 28 heavy (non-hydrogen) atoms. The maximum Gasteiger partial charge on any atom is 0.255 e. The van der Waals surface area contributed by atoms with Gasteiger partial charge in [0, 0.05) is 30.0 Å². The molecule has 2 N–H and O–H groups in total. The van der Waals surface area contributed by atoms with Gasteiger partial charge < -0.3 is 24.8 Å². The summed E-state index contributed by atoms with van der Waals surface area (Å²) in [5.74, 6) is 0.511. The van der Waals surface area contributed by atoms with Gasteiger partial charge in [-0.3, -0.25) is 9.59 Å². The number of nitrogens with one attached hydrogen (secondary N) is 2. The van der Waals surface area contributed by atoms with E-state index in [2.05, 4.69) is 10.6 Å². The zero-order valence-corrected chi connectivity index (χ0v) is 16.0. The molecule has 1 saturated heterocycles. The van der Waals surface area contributed by atoms with E-state index in [1.54, 1.807) is 42.5 Å². The maximum atomic E-state index is 12.5. The molecule has 1 aliphatic rings. The van der Waals surface area contributed by atoms with E-state index in [-0.39, 0.29) is 17.9 Å². The molecule has 1 heterocycles. The van der Waals surface area contributed by atoms with Crippen molar-refractivity contribution in [1.29, 1.82) is 0 Å². The van der Waals surface area contributed by atoms with Gasteiger partial charge in [-0.05, 0) is 49.2 Å². The Kier molecular flexibility index (Phi) is 6.49. The van der Waals surface area contributed by atoms with Crippen LogP contribution in [0.1, 0.15) is 33.6 Å². The minimum Gasteiger partial charge on any atom is -0.493 e. The molecule has 0 saturated carbocycles. The molecule has 0 aromatic heterocycles. The van der Waals surface area contributed by atoms with Crippen LogP contribution >= 0.6 is 0 Å². The van der Waals surface area contributed by atoms with Crippen LogP contribution in [-0.4, -0.2) is 45.3 Å². The van der Waals surface area contributed by atoms with Crippen molar-refractivity contribution in [3.05, 3.63) is 53.6 Å².